The predicted octanol–water partition coefficient (Wildman–Crippen LogP) is 1.19. The van der Waals surface area contributed by atoms with Gasteiger partial charge in [-0.05, 0) is 12.8 Å². The second kappa shape index (κ2) is 12.3. The lowest BCUT2D eigenvalue weighted by atomic mass is 9.96. The average molecular weight is 408 g/mol. The van der Waals surface area contributed by atoms with Crippen LogP contribution in [0.4, 0.5) is 0 Å². The van der Waals surface area contributed by atoms with E-state index in [1.807, 2.05) is 0 Å². The van der Waals surface area contributed by atoms with Crippen molar-refractivity contribution in [3.05, 3.63) is 50.6 Å². The lowest BCUT2D eigenvalue weighted by Crippen LogP contribution is -2.57. The van der Waals surface area contributed by atoms with Crippen LogP contribution in [0.2, 0.25) is 0 Å². The molecule has 0 aromatic carbocycles. The highest BCUT2D eigenvalue weighted by molar-refractivity contribution is 5.83. The molecule has 0 radical (unpaired) electrons. The quantitative estimate of drug-likeness (QED) is 0.215. The van der Waals surface area contributed by atoms with Crippen LogP contribution in [0.5, 0.6) is 0 Å². The topological polar surface area (TPSA) is 114 Å². The third-order valence-electron chi connectivity index (χ3n) is 3.85. The van der Waals surface area contributed by atoms with Gasteiger partial charge in [-0.25, -0.2) is 19.2 Å². The van der Waals surface area contributed by atoms with E-state index in [0.717, 1.165) is 24.3 Å². The van der Waals surface area contributed by atoms with E-state index in [4.69, 9.17) is 23.7 Å². The van der Waals surface area contributed by atoms with E-state index < -0.39 is 48.3 Å². The number of carbonyl (C=O) groups excluding carboxylic acids is 4. The molecule has 1 heterocycles. The maximum absolute atomic E-state index is 11.8. The van der Waals surface area contributed by atoms with Gasteiger partial charge in [-0.2, -0.15) is 0 Å². The number of esters is 4. The van der Waals surface area contributed by atoms with E-state index in [1.54, 1.807) is 0 Å². The van der Waals surface area contributed by atoms with Crippen molar-refractivity contribution in [3.63, 3.8) is 0 Å². The molecule has 0 bridgehead atoms. The Morgan fingerprint density at radius 3 is 1.86 bits per heavy atom. The Morgan fingerprint density at radius 2 is 1.31 bits per heavy atom. The monoisotopic (exact) mass is 408 g/mol. The van der Waals surface area contributed by atoms with Crippen LogP contribution < -0.4 is 0 Å². The second-order valence-electron chi connectivity index (χ2n) is 5.78. The van der Waals surface area contributed by atoms with Crippen LogP contribution in [0.25, 0.3) is 0 Å². The fourth-order valence-electron chi connectivity index (χ4n) is 2.54. The van der Waals surface area contributed by atoms with Crippen molar-refractivity contribution < 1.29 is 42.9 Å². The van der Waals surface area contributed by atoms with E-state index in [1.165, 1.54) is 0 Å². The first-order chi connectivity index (χ1) is 13.9. The summed E-state index contributed by atoms with van der Waals surface area (Å²) in [6.07, 6.45) is 0.497. The van der Waals surface area contributed by atoms with Gasteiger partial charge < -0.3 is 23.7 Å². The van der Waals surface area contributed by atoms with Gasteiger partial charge >= 0.3 is 23.9 Å². The van der Waals surface area contributed by atoms with Gasteiger partial charge in [0, 0.05) is 24.3 Å². The van der Waals surface area contributed by atoms with E-state index in [9.17, 15) is 19.2 Å². The van der Waals surface area contributed by atoms with Gasteiger partial charge in [0.15, 0.2) is 18.3 Å². The third-order valence-corrected chi connectivity index (χ3v) is 3.85. The molecule has 0 aromatic rings. The zero-order valence-electron chi connectivity index (χ0n) is 15.9. The summed E-state index contributed by atoms with van der Waals surface area (Å²) in [6, 6.07) is 0. The molecule has 1 aliphatic heterocycles. The Hall–Kier alpha value is -3.20. The minimum atomic E-state index is -1.15. The third kappa shape index (κ3) is 7.74. The first-order valence-corrected chi connectivity index (χ1v) is 8.76. The molecule has 0 aromatic heterocycles. The summed E-state index contributed by atoms with van der Waals surface area (Å²) in [5.74, 6) is -2.91. The van der Waals surface area contributed by atoms with Crippen molar-refractivity contribution in [2.45, 2.75) is 37.3 Å². The first kappa shape index (κ1) is 23.8. The molecule has 0 saturated carbocycles. The molecule has 0 spiro atoms. The van der Waals surface area contributed by atoms with Crippen LogP contribution >= 0.6 is 0 Å². The Balaban J connectivity index is 2.99. The molecule has 0 aliphatic carbocycles. The lowest BCUT2D eigenvalue weighted by Gasteiger charge is -2.40. The van der Waals surface area contributed by atoms with E-state index >= 15 is 0 Å². The second-order valence-corrected chi connectivity index (χ2v) is 5.78. The van der Waals surface area contributed by atoms with E-state index in [0.29, 0.717) is 12.8 Å². The molecule has 1 aliphatic rings. The number of hydrogen-bond donors (Lipinski definition) is 0. The average Bonchev–Trinajstić information content (AvgIpc) is 2.73. The minimum absolute atomic E-state index is 0.0822. The molecule has 0 amide bonds. The predicted molar refractivity (Wildman–Crippen MR) is 100 cm³/mol. The maximum atomic E-state index is 11.8. The summed E-state index contributed by atoms with van der Waals surface area (Å²) in [5, 5.41) is 0. The van der Waals surface area contributed by atoms with Crippen molar-refractivity contribution >= 4 is 23.9 Å². The number of hydrogen-bond acceptors (Lipinski definition) is 9. The Bertz CT molecular complexity index is 665. The minimum Gasteiger partial charge on any atom is -0.463 e. The molecule has 1 saturated heterocycles. The fourth-order valence-corrected chi connectivity index (χ4v) is 2.54. The van der Waals surface area contributed by atoms with Gasteiger partial charge in [-0.15, -0.1) is 0 Å². The van der Waals surface area contributed by atoms with E-state index in [-0.39, 0.29) is 13.2 Å². The smallest absolute Gasteiger partial charge is 0.330 e. The summed E-state index contributed by atoms with van der Waals surface area (Å²) in [5.41, 5.74) is 0. The molecule has 4 atom stereocenters. The maximum Gasteiger partial charge on any atom is 0.330 e. The van der Waals surface area contributed by atoms with Crippen LogP contribution in [0.1, 0.15) is 12.8 Å². The number of ether oxygens (including phenoxy) is 5. The highest BCUT2D eigenvalue weighted by Crippen LogP contribution is 2.27. The normalized spacial score (nSPS) is 23.0. The lowest BCUT2D eigenvalue weighted by molar-refractivity contribution is -0.223. The molecule has 1 fully saturated rings. The zero-order valence-corrected chi connectivity index (χ0v) is 15.9. The van der Waals surface area contributed by atoms with Crippen molar-refractivity contribution in [1.29, 1.82) is 0 Å². The van der Waals surface area contributed by atoms with Crippen molar-refractivity contribution in [3.8, 4) is 0 Å². The molecule has 9 nitrogen and oxygen atoms in total. The summed E-state index contributed by atoms with van der Waals surface area (Å²) in [6.45, 7) is 13.2. The molecular formula is C20H24O9. The zero-order chi connectivity index (χ0) is 21.8. The Morgan fingerprint density at radius 1 is 0.793 bits per heavy atom. The van der Waals surface area contributed by atoms with Crippen molar-refractivity contribution in [2.75, 3.05) is 13.2 Å². The molecule has 29 heavy (non-hydrogen) atoms. The van der Waals surface area contributed by atoms with E-state index in [2.05, 4.69) is 26.3 Å². The Kier molecular flexibility index (Phi) is 10.1. The Labute approximate surface area is 168 Å². The van der Waals surface area contributed by atoms with Crippen LogP contribution in [-0.4, -0.2) is 61.5 Å². The summed E-state index contributed by atoms with van der Waals surface area (Å²) >= 11 is 0. The first-order valence-electron chi connectivity index (χ1n) is 8.76. The summed E-state index contributed by atoms with van der Waals surface area (Å²) in [7, 11) is 0. The van der Waals surface area contributed by atoms with Gasteiger partial charge in [0.05, 0.1) is 19.3 Å². The molecule has 1 unspecified atom stereocenters. The summed E-state index contributed by atoms with van der Waals surface area (Å²) in [4.78, 5) is 46.3. The van der Waals surface area contributed by atoms with Gasteiger partial charge in [0.25, 0.3) is 0 Å². The van der Waals surface area contributed by atoms with Crippen molar-refractivity contribution in [1.82, 2.24) is 0 Å². The fraction of sp³-hybridized carbons (Fsp3) is 0.400. The van der Waals surface area contributed by atoms with Crippen LogP contribution in [0.3, 0.4) is 0 Å². The van der Waals surface area contributed by atoms with Gasteiger partial charge in [0.2, 0.25) is 0 Å². The molecular weight excluding hydrogens is 384 g/mol. The molecule has 1 rings (SSSR count). The van der Waals surface area contributed by atoms with Gasteiger partial charge in [-0.1, -0.05) is 26.3 Å². The largest absolute Gasteiger partial charge is 0.463 e. The highest BCUT2D eigenvalue weighted by Gasteiger charge is 2.46. The number of carbonyl (C=O) groups is 4. The number of rotatable bonds is 11. The molecule has 158 valence electrons. The van der Waals surface area contributed by atoms with Gasteiger partial charge in [-0.3, -0.25) is 0 Å². The standard InChI is InChI=1S/C20H24O9/c1-5-15(21)25-11-9-10-13-19(28-17(23)7-3)20(29-18(24)8-4)14(12-26-13)27-16(22)6-2/h5-8,13-14,19-20H,1-4,9-12H2/t13?,14-,19-,20-/m1/s1. The SMILES string of the molecule is C=CC(=O)OCCCC1OC[C@@H](OC(=O)C=C)[C@@H](OC(=O)C=C)[C@@H]1OC(=O)C=C. The summed E-state index contributed by atoms with van der Waals surface area (Å²) < 4.78 is 26.4. The van der Waals surface area contributed by atoms with Gasteiger partial charge in [0.1, 0.15) is 0 Å². The molecule has 0 N–H and O–H groups in total. The van der Waals surface area contributed by atoms with Crippen LogP contribution in [-0.2, 0) is 42.9 Å². The van der Waals surface area contributed by atoms with Crippen LogP contribution in [0, 0.1) is 0 Å². The van der Waals surface area contributed by atoms with Crippen molar-refractivity contribution in [2.24, 2.45) is 0 Å². The van der Waals surface area contributed by atoms with Crippen LogP contribution in [0.15, 0.2) is 50.6 Å². The molecule has 9 heteroatoms. The highest BCUT2D eigenvalue weighted by atomic mass is 16.6.